The zero-order valence-electron chi connectivity index (χ0n) is 14.1. The Kier molecular flexibility index (Phi) is 5.36. The minimum atomic E-state index is -0.0750. The Morgan fingerprint density at radius 3 is 3.08 bits per heavy atom. The first-order valence-electron chi connectivity index (χ1n) is 8.47. The van der Waals surface area contributed by atoms with Crippen molar-refractivity contribution in [1.29, 1.82) is 0 Å². The number of amides is 1. The molecule has 4 nitrogen and oxygen atoms in total. The van der Waals surface area contributed by atoms with Crippen molar-refractivity contribution in [2.45, 2.75) is 13.0 Å². The van der Waals surface area contributed by atoms with Crippen molar-refractivity contribution in [3.05, 3.63) is 62.2 Å². The van der Waals surface area contributed by atoms with Crippen molar-refractivity contribution in [2.24, 2.45) is 0 Å². The zero-order chi connectivity index (χ0) is 17.9. The molecule has 1 aliphatic rings. The molecule has 0 bridgehead atoms. The molecule has 134 valence electrons. The number of aromatic nitrogens is 1. The fourth-order valence-electron chi connectivity index (χ4n) is 3.05. The molecule has 4 rings (SSSR count). The summed E-state index contributed by atoms with van der Waals surface area (Å²) in [5.41, 5.74) is 2.29. The molecule has 1 aromatic carbocycles. The highest BCUT2D eigenvalue weighted by molar-refractivity contribution is 7.17. The van der Waals surface area contributed by atoms with Gasteiger partial charge in [0.05, 0.1) is 11.2 Å². The minimum Gasteiger partial charge on any atom is -0.350 e. The van der Waals surface area contributed by atoms with Gasteiger partial charge in [-0.1, -0.05) is 29.8 Å². The smallest absolute Gasteiger partial charge is 0.263 e. The van der Waals surface area contributed by atoms with Gasteiger partial charge in [-0.3, -0.25) is 9.69 Å². The molecule has 0 saturated heterocycles. The van der Waals surface area contributed by atoms with E-state index in [1.54, 1.807) is 6.20 Å². The average molecular weight is 404 g/mol. The fraction of sp³-hybridized carbons (Fsp3) is 0.263. The van der Waals surface area contributed by atoms with Gasteiger partial charge in [-0.15, -0.1) is 22.7 Å². The summed E-state index contributed by atoms with van der Waals surface area (Å²) in [6.45, 7) is 3.53. The van der Waals surface area contributed by atoms with Crippen LogP contribution in [0.3, 0.4) is 0 Å². The van der Waals surface area contributed by atoms with Crippen molar-refractivity contribution in [3.63, 3.8) is 0 Å². The summed E-state index contributed by atoms with van der Waals surface area (Å²) in [6.07, 6.45) is 2.73. The van der Waals surface area contributed by atoms with Crippen LogP contribution in [-0.2, 0) is 13.0 Å². The molecular formula is C19H18ClN3OS2. The number of benzene rings is 1. The maximum Gasteiger partial charge on any atom is 0.263 e. The molecule has 0 spiro atoms. The van der Waals surface area contributed by atoms with Crippen LogP contribution >= 0.6 is 34.3 Å². The molecule has 3 heterocycles. The van der Waals surface area contributed by atoms with Crippen LogP contribution in [0.4, 0.5) is 0 Å². The highest BCUT2D eigenvalue weighted by Gasteiger charge is 2.17. The first-order chi connectivity index (χ1) is 12.7. The summed E-state index contributed by atoms with van der Waals surface area (Å²) in [4.78, 5) is 21.2. The Labute approximate surface area is 165 Å². The minimum absolute atomic E-state index is 0.0750. The maximum absolute atomic E-state index is 12.4. The lowest BCUT2D eigenvalue weighted by atomic mass is 10.1. The van der Waals surface area contributed by atoms with E-state index in [-0.39, 0.29) is 5.91 Å². The summed E-state index contributed by atoms with van der Waals surface area (Å²) in [5, 5.41) is 6.58. The predicted octanol–water partition coefficient (Wildman–Crippen LogP) is 4.31. The highest BCUT2D eigenvalue weighted by Crippen LogP contribution is 2.30. The number of fused-ring (bicyclic) bond motifs is 1. The lowest BCUT2D eigenvalue weighted by molar-refractivity contribution is 0.0951. The van der Waals surface area contributed by atoms with Crippen molar-refractivity contribution < 1.29 is 4.79 Å². The second kappa shape index (κ2) is 7.88. The van der Waals surface area contributed by atoms with Crippen molar-refractivity contribution >= 4 is 40.2 Å². The first kappa shape index (κ1) is 17.7. The van der Waals surface area contributed by atoms with Crippen LogP contribution in [0.5, 0.6) is 0 Å². The normalized spacial score (nSPS) is 14.2. The van der Waals surface area contributed by atoms with Crippen LogP contribution in [0.15, 0.2) is 41.9 Å². The van der Waals surface area contributed by atoms with Crippen LogP contribution in [0, 0.1) is 0 Å². The number of nitrogens with one attached hydrogen (secondary N) is 1. The molecule has 2 aromatic heterocycles. The third-order valence-corrected chi connectivity index (χ3v) is 6.82. The van der Waals surface area contributed by atoms with Gasteiger partial charge in [0.2, 0.25) is 0 Å². The van der Waals surface area contributed by atoms with Gasteiger partial charge in [0.15, 0.2) is 0 Å². The Morgan fingerprint density at radius 2 is 2.19 bits per heavy atom. The average Bonchev–Trinajstić information content (AvgIpc) is 3.31. The van der Waals surface area contributed by atoms with Gasteiger partial charge in [-0.25, -0.2) is 4.98 Å². The summed E-state index contributed by atoms with van der Waals surface area (Å²) >= 11 is 9.42. The molecule has 0 unspecified atom stereocenters. The number of hydrogen-bond acceptors (Lipinski definition) is 5. The number of carbonyl (C=O) groups is 1. The molecule has 1 N–H and O–H groups in total. The van der Waals surface area contributed by atoms with E-state index in [4.69, 9.17) is 11.6 Å². The van der Waals surface area contributed by atoms with E-state index in [0.29, 0.717) is 16.4 Å². The molecule has 0 saturated carbocycles. The van der Waals surface area contributed by atoms with E-state index in [1.807, 2.05) is 35.6 Å². The molecule has 0 aliphatic carbocycles. The predicted molar refractivity (Wildman–Crippen MR) is 108 cm³/mol. The Bertz CT molecular complexity index is 921. The van der Waals surface area contributed by atoms with Gasteiger partial charge in [-0.2, -0.15) is 0 Å². The molecule has 7 heteroatoms. The number of rotatable bonds is 5. The van der Waals surface area contributed by atoms with E-state index in [0.717, 1.165) is 36.6 Å². The van der Waals surface area contributed by atoms with Gasteiger partial charge in [-0.05, 0) is 29.5 Å². The van der Waals surface area contributed by atoms with Gasteiger partial charge in [0.1, 0.15) is 9.88 Å². The van der Waals surface area contributed by atoms with E-state index in [9.17, 15) is 4.79 Å². The highest BCUT2D eigenvalue weighted by atomic mass is 35.5. The van der Waals surface area contributed by atoms with Gasteiger partial charge in [0.25, 0.3) is 5.91 Å². The Morgan fingerprint density at radius 1 is 1.31 bits per heavy atom. The summed E-state index contributed by atoms with van der Waals surface area (Å²) < 4.78 is 0. The van der Waals surface area contributed by atoms with Crippen LogP contribution in [0.1, 0.15) is 20.1 Å². The standard InChI is InChI=1S/C19H18ClN3OS2/c20-15-4-2-1-3-14(15)19-22-11-17(26-19)18(24)21-7-9-23-8-5-16-13(12-23)6-10-25-16/h1-4,6,10-11H,5,7-9,12H2,(H,21,24). The molecule has 1 aliphatic heterocycles. The van der Waals surface area contributed by atoms with Crippen molar-refractivity contribution in [2.75, 3.05) is 19.6 Å². The van der Waals surface area contributed by atoms with Crippen LogP contribution < -0.4 is 5.32 Å². The fourth-order valence-corrected chi connectivity index (χ4v) is 5.09. The molecule has 0 radical (unpaired) electrons. The number of hydrogen-bond donors (Lipinski definition) is 1. The molecule has 26 heavy (non-hydrogen) atoms. The van der Waals surface area contributed by atoms with Gasteiger partial charge < -0.3 is 5.32 Å². The Hall–Kier alpha value is -1.73. The van der Waals surface area contributed by atoms with Gasteiger partial charge >= 0.3 is 0 Å². The number of thiazole rings is 1. The quantitative estimate of drug-likeness (QED) is 0.690. The largest absolute Gasteiger partial charge is 0.350 e. The summed E-state index contributed by atoms with van der Waals surface area (Å²) in [7, 11) is 0. The van der Waals surface area contributed by atoms with Crippen LogP contribution in [-0.4, -0.2) is 35.4 Å². The summed E-state index contributed by atoms with van der Waals surface area (Å²) in [5.74, 6) is -0.0750. The molecular weight excluding hydrogens is 386 g/mol. The molecule has 0 fully saturated rings. The maximum atomic E-state index is 12.4. The van der Waals surface area contributed by atoms with E-state index >= 15 is 0 Å². The third kappa shape index (κ3) is 3.83. The SMILES string of the molecule is O=C(NCCN1CCc2sccc2C1)c1cnc(-c2ccccc2Cl)s1. The Balaban J connectivity index is 1.31. The lowest BCUT2D eigenvalue weighted by Gasteiger charge is -2.26. The second-order valence-corrected chi connectivity index (χ2v) is 8.60. The number of nitrogens with zero attached hydrogens (tertiary/aromatic N) is 2. The van der Waals surface area contributed by atoms with Crippen LogP contribution in [0.2, 0.25) is 5.02 Å². The van der Waals surface area contributed by atoms with Crippen molar-refractivity contribution in [1.82, 2.24) is 15.2 Å². The lowest BCUT2D eigenvalue weighted by Crippen LogP contribution is -2.37. The summed E-state index contributed by atoms with van der Waals surface area (Å²) in [6, 6.07) is 9.75. The molecule has 1 amide bonds. The zero-order valence-corrected chi connectivity index (χ0v) is 16.5. The van der Waals surface area contributed by atoms with E-state index in [1.165, 1.54) is 21.8 Å². The van der Waals surface area contributed by atoms with E-state index < -0.39 is 0 Å². The van der Waals surface area contributed by atoms with Gasteiger partial charge in [0, 0.05) is 36.6 Å². The second-order valence-electron chi connectivity index (χ2n) is 6.16. The molecule has 0 atom stereocenters. The molecule has 3 aromatic rings. The monoisotopic (exact) mass is 403 g/mol. The van der Waals surface area contributed by atoms with E-state index in [2.05, 4.69) is 26.6 Å². The van der Waals surface area contributed by atoms with Crippen LogP contribution in [0.25, 0.3) is 10.6 Å². The number of thiophene rings is 1. The number of carbonyl (C=O) groups excluding carboxylic acids is 1. The third-order valence-electron chi connectivity index (χ3n) is 4.43. The number of halogens is 1. The first-order valence-corrected chi connectivity index (χ1v) is 10.5. The topological polar surface area (TPSA) is 45.2 Å². The van der Waals surface area contributed by atoms with Crippen molar-refractivity contribution in [3.8, 4) is 10.6 Å².